The molecule has 2 rings (SSSR count). The molecule has 2 atom stereocenters. The van der Waals surface area contributed by atoms with Crippen LogP contribution in [0.15, 0.2) is 30.3 Å². The number of hydrogen-bond donors (Lipinski definition) is 1. The van der Waals surface area contributed by atoms with Crippen LogP contribution in [0, 0.1) is 5.92 Å². The Labute approximate surface area is 109 Å². The number of ether oxygens (including phenoxy) is 2. The minimum absolute atomic E-state index is 0.0569. The summed E-state index contributed by atoms with van der Waals surface area (Å²) >= 11 is 0. The number of hydrogen-bond acceptors (Lipinski definition) is 3. The fraction of sp³-hybridized carbons (Fsp3) is 0.600. The van der Waals surface area contributed by atoms with Gasteiger partial charge in [0.2, 0.25) is 0 Å². The molecule has 3 nitrogen and oxygen atoms in total. The molecule has 0 aromatic heterocycles. The van der Waals surface area contributed by atoms with Crippen molar-refractivity contribution in [3.63, 3.8) is 0 Å². The van der Waals surface area contributed by atoms with Crippen molar-refractivity contribution in [2.45, 2.75) is 38.6 Å². The Morgan fingerprint density at radius 2 is 2.00 bits per heavy atom. The van der Waals surface area contributed by atoms with Crippen molar-refractivity contribution in [3.8, 4) is 0 Å². The minimum atomic E-state index is -0.532. The highest BCUT2D eigenvalue weighted by Gasteiger charge is 2.36. The van der Waals surface area contributed by atoms with Gasteiger partial charge in [-0.15, -0.1) is 0 Å². The van der Waals surface area contributed by atoms with Gasteiger partial charge in [0.15, 0.2) is 5.79 Å². The Morgan fingerprint density at radius 3 is 2.67 bits per heavy atom. The quantitative estimate of drug-likeness (QED) is 0.893. The summed E-state index contributed by atoms with van der Waals surface area (Å²) in [5, 5.41) is 8.97. The lowest BCUT2D eigenvalue weighted by atomic mass is 9.91. The second-order valence-electron chi connectivity index (χ2n) is 5.29. The zero-order valence-electron chi connectivity index (χ0n) is 11.1. The average molecular weight is 250 g/mol. The fourth-order valence-corrected chi connectivity index (χ4v) is 2.40. The number of benzene rings is 1. The van der Waals surface area contributed by atoms with E-state index in [0.29, 0.717) is 12.5 Å². The van der Waals surface area contributed by atoms with E-state index in [1.807, 2.05) is 32.0 Å². The van der Waals surface area contributed by atoms with Gasteiger partial charge in [-0.2, -0.15) is 0 Å². The van der Waals surface area contributed by atoms with Gasteiger partial charge in [0.05, 0.1) is 12.7 Å². The molecule has 0 spiro atoms. The summed E-state index contributed by atoms with van der Waals surface area (Å²) in [6.07, 6.45) is 1.77. The van der Waals surface area contributed by atoms with Crippen molar-refractivity contribution in [2.24, 2.45) is 5.92 Å². The highest BCUT2D eigenvalue weighted by atomic mass is 16.7. The molecular weight excluding hydrogens is 228 g/mol. The van der Waals surface area contributed by atoms with Crippen molar-refractivity contribution < 1.29 is 14.6 Å². The van der Waals surface area contributed by atoms with Crippen molar-refractivity contribution in [2.75, 3.05) is 13.2 Å². The van der Waals surface area contributed by atoms with E-state index >= 15 is 0 Å². The van der Waals surface area contributed by atoms with Crippen LogP contribution in [0.1, 0.15) is 38.4 Å². The molecule has 1 fully saturated rings. The molecular formula is C15H22O3. The molecule has 100 valence electrons. The number of aliphatic hydroxyl groups is 1. The topological polar surface area (TPSA) is 38.7 Å². The summed E-state index contributed by atoms with van der Waals surface area (Å²) in [6.45, 7) is 4.81. The van der Waals surface area contributed by atoms with Crippen molar-refractivity contribution in [3.05, 3.63) is 35.9 Å². The predicted octanol–water partition coefficient (Wildman–Crippen LogP) is 2.90. The van der Waals surface area contributed by atoms with Gasteiger partial charge >= 0.3 is 0 Å². The van der Waals surface area contributed by atoms with Crippen LogP contribution in [0.3, 0.4) is 0 Å². The third-order valence-electron chi connectivity index (χ3n) is 3.35. The molecule has 0 aliphatic carbocycles. The maximum absolute atomic E-state index is 8.97. The van der Waals surface area contributed by atoms with Gasteiger partial charge in [0.1, 0.15) is 0 Å². The van der Waals surface area contributed by atoms with E-state index in [2.05, 4.69) is 12.1 Å². The van der Waals surface area contributed by atoms with Gasteiger partial charge in [-0.1, -0.05) is 30.3 Å². The third kappa shape index (κ3) is 3.31. The van der Waals surface area contributed by atoms with Crippen molar-refractivity contribution in [1.29, 1.82) is 0 Å². The van der Waals surface area contributed by atoms with Gasteiger partial charge in [-0.3, -0.25) is 0 Å². The Kier molecular flexibility index (Phi) is 4.38. The maximum atomic E-state index is 8.97. The SMILES string of the molecule is CC1(C)OC[C@@H](CCCO)[C@H](c2ccccc2)O1. The smallest absolute Gasteiger partial charge is 0.163 e. The summed E-state index contributed by atoms with van der Waals surface area (Å²) in [4.78, 5) is 0. The first-order chi connectivity index (χ1) is 8.62. The molecule has 1 aromatic carbocycles. The highest BCUT2D eigenvalue weighted by molar-refractivity contribution is 5.19. The molecule has 18 heavy (non-hydrogen) atoms. The van der Waals surface area contributed by atoms with Gasteiger partial charge in [-0.05, 0) is 32.3 Å². The lowest BCUT2D eigenvalue weighted by molar-refractivity contribution is -0.296. The predicted molar refractivity (Wildman–Crippen MR) is 70.1 cm³/mol. The Morgan fingerprint density at radius 1 is 1.28 bits per heavy atom. The monoisotopic (exact) mass is 250 g/mol. The fourth-order valence-electron chi connectivity index (χ4n) is 2.40. The van der Waals surface area contributed by atoms with Crippen molar-refractivity contribution >= 4 is 0 Å². The first kappa shape index (κ1) is 13.5. The molecule has 1 aliphatic rings. The normalized spacial score (nSPS) is 27.1. The van der Waals surface area contributed by atoms with Crippen LogP contribution in [0.2, 0.25) is 0 Å². The number of aliphatic hydroxyl groups excluding tert-OH is 1. The summed E-state index contributed by atoms with van der Waals surface area (Å²) in [7, 11) is 0. The second kappa shape index (κ2) is 5.83. The lowest BCUT2D eigenvalue weighted by Crippen LogP contribution is -2.41. The molecule has 1 N–H and O–H groups in total. The second-order valence-corrected chi connectivity index (χ2v) is 5.29. The molecule has 0 bridgehead atoms. The van der Waals surface area contributed by atoms with E-state index in [1.54, 1.807) is 0 Å². The molecule has 1 saturated heterocycles. The van der Waals surface area contributed by atoms with E-state index in [9.17, 15) is 0 Å². The Balaban J connectivity index is 2.14. The van der Waals surface area contributed by atoms with E-state index < -0.39 is 5.79 Å². The van der Waals surface area contributed by atoms with Crippen molar-refractivity contribution in [1.82, 2.24) is 0 Å². The van der Waals surface area contributed by atoms with E-state index in [1.165, 1.54) is 5.56 Å². The largest absolute Gasteiger partial charge is 0.396 e. The molecule has 1 aliphatic heterocycles. The molecule has 3 heteroatoms. The highest BCUT2D eigenvalue weighted by Crippen LogP contribution is 2.38. The molecule has 0 amide bonds. The number of rotatable bonds is 4. The van der Waals surface area contributed by atoms with E-state index in [-0.39, 0.29) is 12.7 Å². The van der Waals surface area contributed by atoms with Gasteiger partial charge in [0, 0.05) is 12.5 Å². The summed E-state index contributed by atoms with van der Waals surface area (Å²) < 4.78 is 11.8. The van der Waals surface area contributed by atoms with Gasteiger partial charge < -0.3 is 14.6 Å². The Bertz CT molecular complexity index is 361. The van der Waals surface area contributed by atoms with Crippen LogP contribution < -0.4 is 0 Å². The van der Waals surface area contributed by atoms with E-state index in [4.69, 9.17) is 14.6 Å². The van der Waals surface area contributed by atoms with E-state index in [0.717, 1.165) is 12.8 Å². The average Bonchev–Trinajstić information content (AvgIpc) is 2.38. The molecule has 1 aromatic rings. The van der Waals surface area contributed by atoms with Crippen LogP contribution in [0.25, 0.3) is 0 Å². The minimum Gasteiger partial charge on any atom is -0.396 e. The molecule has 0 saturated carbocycles. The van der Waals surface area contributed by atoms with Crippen LogP contribution in [0.4, 0.5) is 0 Å². The van der Waals surface area contributed by atoms with Crippen LogP contribution in [0.5, 0.6) is 0 Å². The summed E-state index contributed by atoms with van der Waals surface area (Å²) in [5.74, 6) is -0.219. The zero-order chi connectivity index (χ0) is 13.0. The van der Waals surface area contributed by atoms with Crippen LogP contribution in [-0.2, 0) is 9.47 Å². The first-order valence-electron chi connectivity index (χ1n) is 6.60. The first-order valence-corrected chi connectivity index (χ1v) is 6.60. The zero-order valence-corrected chi connectivity index (χ0v) is 11.1. The van der Waals surface area contributed by atoms with Gasteiger partial charge in [-0.25, -0.2) is 0 Å². The molecule has 0 radical (unpaired) electrons. The van der Waals surface area contributed by atoms with Crippen LogP contribution in [-0.4, -0.2) is 24.1 Å². The summed E-state index contributed by atoms with van der Waals surface area (Å²) in [6, 6.07) is 10.3. The Hall–Kier alpha value is -0.900. The maximum Gasteiger partial charge on any atom is 0.163 e. The lowest BCUT2D eigenvalue weighted by Gasteiger charge is -2.41. The third-order valence-corrected chi connectivity index (χ3v) is 3.35. The molecule has 0 unspecified atom stereocenters. The standard InChI is InChI=1S/C15H22O3/c1-15(2)17-11-13(9-6-10-16)14(18-15)12-7-4-3-5-8-12/h3-5,7-8,13-14,16H,6,9-11H2,1-2H3/t13-,14+/m1/s1. The van der Waals surface area contributed by atoms with Gasteiger partial charge in [0.25, 0.3) is 0 Å². The summed E-state index contributed by atoms with van der Waals surface area (Å²) in [5.41, 5.74) is 1.19. The van der Waals surface area contributed by atoms with Crippen LogP contribution >= 0.6 is 0 Å². The molecule has 1 heterocycles.